The number of ether oxygens (including phenoxy) is 4. The first-order chi connectivity index (χ1) is 14.2. The summed E-state index contributed by atoms with van der Waals surface area (Å²) in [5.41, 5.74) is 1.28. The van der Waals surface area contributed by atoms with Gasteiger partial charge in [0.25, 0.3) is 0 Å². The monoisotopic (exact) mass is 410 g/mol. The molecule has 0 spiro atoms. The Bertz CT molecular complexity index is 997. The second-order valence-corrected chi connectivity index (χ2v) is 7.85. The van der Waals surface area contributed by atoms with Crippen molar-refractivity contribution in [2.24, 2.45) is 0 Å². The number of carbonyl (C=O) groups excluding carboxylic acids is 2. The minimum atomic E-state index is -0.583. The molecule has 2 aromatic carbocycles. The molecule has 0 N–H and O–H groups in total. The lowest BCUT2D eigenvalue weighted by atomic mass is 10.1. The summed E-state index contributed by atoms with van der Waals surface area (Å²) in [6.07, 6.45) is 1.67. The van der Waals surface area contributed by atoms with Crippen molar-refractivity contribution < 1.29 is 28.5 Å². The number of fused-ring (bicyclic) bond motifs is 1. The highest BCUT2D eigenvalue weighted by Gasteiger charge is 2.30. The number of carbonyl (C=O) groups is 2. The molecule has 0 saturated carbocycles. The van der Waals surface area contributed by atoms with Crippen LogP contribution in [0.3, 0.4) is 0 Å². The zero-order chi connectivity index (χ0) is 21.9. The van der Waals surface area contributed by atoms with Crippen LogP contribution < -0.4 is 14.2 Å². The molecule has 158 valence electrons. The van der Waals surface area contributed by atoms with E-state index in [2.05, 4.69) is 0 Å². The van der Waals surface area contributed by atoms with E-state index in [1.54, 1.807) is 45.9 Å². The quantitative estimate of drug-likeness (QED) is 0.506. The Hall–Kier alpha value is -3.28. The maximum absolute atomic E-state index is 12.8. The minimum Gasteiger partial charge on any atom is -0.493 e. The molecule has 1 aliphatic rings. The van der Waals surface area contributed by atoms with E-state index in [1.165, 1.54) is 0 Å². The van der Waals surface area contributed by atoms with Crippen molar-refractivity contribution >= 4 is 17.8 Å². The van der Waals surface area contributed by atoms with Crippen LogP contribution in [0.15, 0.2) is 42.2 Å². The molecule has 6 heteroatoms. The van der Waals surface area contributed by atoms with Crippen LogP contribution in [0, 0.1) is 6.92 Å². The van der Waals surface area contributed by atoms with Crippen LogP contribution in [0.5, 0.6) is 17.2 Å². The fourth-order valence-electron chi connectivity index (χ4n) is 3.06. The van der Waals surface area contributed by atoms with Crippen LogP contribution in [0.4, 0.5) is 0 Å². The molecule has 0 bridgehead atoms. The number of hydrogen-bond donors (Lipinski definition) is 0. The first-order valence-electron chi connectivity index (χ1n) is 9.84. The third kappa shape index (κ3) is 4.82. The predicted octanol–water partition coefficient (Wildman–Crippen LogP) is 4.73. The van der Waals surface area contributed by atoms with Gasteiger partial charge in [-0.3, -0.25) is 4.79 Å². The van der Waals surface area contributed by atoms with Crippen molar-refractivity contribution in [3.63, 3.8) is 0 Å². The van der Waals surface area contributed by atoms with Gasteiger partial charge in [-0.15, -0.1) is 0 Å². The Morgan fingerprint density at radius 2 is 1.80 bits per heavy atom. The van der Waals surface area contributed by atoms with Gasteiger partial charge < -0.3 is 18.9 Å². The summed E-state index contributed by atoms with van der Waals surface area (Å²) >= 11 is 0. The van der Waals surface area contributed by atoms with Gasteiger partial charge in [0.2, 0.25) is 5.78 Å². The van der Waals surface area contributed by atoms with Crippen molar-refractivity contribution in [3.05, 3.63) is 58.8 Å². The van der Waals surface area contributed by atoms with E-state index in [9.17, 15) is 9.59 Å². The van der Waals surface area contributed by atoms with Crippen molar-refractivity contribution in [2.45, 2.75) is 40.2 Å². The molecule has 2 aromatic rings. The van der Waals surface area contributed by atoms with E-state index in [0.29, 0.717) is 35.0 Å². The average Bonchev–Trinajstić information content (AvgIpc) is 2.98. The molecular formula is C24H26O6. The summed E-state index contributed by atoms with van der Waals surface area (Å²) in [6, 6.07) is 10.8. The molecule has 0 aromatic heterocycles. The fraction of sp³-hybridized carbons (Fsp3) is 0.333. The van der Waals surface area contributed by atoms with Gasteiger partial charge in [-0.25, -0.2) is 4.79 Å². The predicted molar refractivity (Wildman–Crippen MR) is 113 cm³/mol. The van der Waals surface area contributed by atoms with Crippen LogP contribution in [0.2, 0.25) is 0 Å². The normalized spacial score (nSPS) is 14.3. The lowest BCUT2D eigenvalue weighted by molar-refractivity contribution is -0.157. The van der Waals surface area contributed by atoms with Crippen LogP contribution in [0.25, 0.3) is 6.08 Å². The van der Waals surface area contributed by atoms with Crippen molar-refractivity contribution in [1.82, 2.24) is 0 Å². The summed E-state index contributed by atoms with van der Waals surface area (Å²) in [4.78, 5) is 24.7. The lowest BCUT2D eigenvalue weighted by Gasteiger charge is -2.19. The number of rotatable bonds is 6. The van der Waals surface area contributed by atoms with Gasteiger partial charge in [0.1, 0.15) is 22.8 Å². The number of hydrogen-bond acceptors (Lipinski definition) is 6. The lowest BCUT2D eigenvalue weighted by Crippen LogP contribution is -2.27. The highest BCUT2D eigenvalue weighted by Crippen LogP contribution is 2.39. The molecule has 0 atom stereocenters. The molecule has 0 unspecified atom stereocenters. The van der Waals surface area contributed by atoms with E-state index in [4.69, 9.17) is 18.9 Å². The molecule has 3 rings (SSSR count). The molecule has 0 fully saturated rings. The molecule has 0 saturated heterocycles. The first kappa shape index (κ1) is 21.4. The van der Waals surface area contributed by atoms with Crippen LogP contribution in [-0.2, 0) is 9.53 Å². The van der Waals surface area contributed by atoms with Crippen LogP contribution >= 0.6 is 0 Å². The molecule has 1 heterocycles. The molecular weight excluding hydrogens is 384 g/mol. The summed E-state index contributed by atoms with van der Waals surface area (Å²) < 4.78 is 22.3. The van der Waals surface area contributed by atoms with E-state index < -0.39 is 11.6 Å². The minimum absolute atomic E-state index is 0.210. The standard InChI is InChI=1S/C24H26O6/c1-6-27-19-10-8-7-9-16(19)13-20-22(26)17-11-12-18(15(2)23(17)29-20)28-14-21(25)30-24(3,4)5/h7-13H,6,14H2,1-5H3/b20-13-. The largest absolute Gasteiger partial charge is 0.493 e. The number of Topliss-reactive ketones (excluding diaryl/α,β-unsaturated/α-hetero) is 1. The number of ketones is 1. The molecule has 0 radical (unpaired) electrons. The highest BCUT2D eigenvalue weighted by atomic mass is 16.6. The third-order valence-electron chi connectivity index (χ3n) is 4.31. The maximum atomic E-state index is 12.8. The Morgan fingerprint density at radius 3 is 2.50 bits per heavy atom. The second-order valence-electron chi connectivity index (χ2n) is 7.85. The molecule has 0 amide bonds. The van der Waals surface area contributed by atoms with Crippen molar-refractivity contribution in [3.8, 4) is 17.2 Å². The van der Waals surface area contributed by atoms with Crippen LogP contribution in [0.1, 0.15) is 49.2 Å². The van der Waals surface area contributed by atoms with Gasteiger partial charge in [0.05, 0.1) is 12.2 Å². The second kappa shape index (κ2) is 8.61. The number of para-hydroxylation sites is 1. The molecule has 6 nitrogen and oxygen atoms in total. The van der Waals surface area contributed by atoms with Gasteiger partial charge in [-0.05, 0) is 58.9 Å². The van der Waals surface area contributed by atoms with Crippen LogP contribution in [-0.4, -0.2) is 30.6 Å². The summed E-state index contributed by atoms with van der Waals surface area (Å²) in [7, 11) is 0. The zero-order valence-corrected chi connectivity index (χ0v) is 17.9. The molecule has 0 aliphatic carbocycles. The van der Waals surface area contributed by atoms with Gasteiger partial charge in [-0.1, -0.05) is 18.2 Å². The van der Waals surface area contributed by atoms with E-state index in [1.807, 2.05) is 31.2 Å². The van der Waals surface area contributed by atoms with Gasteiger partial charge in [-0.2, -0.15) is 0 Å². The number of benzene rings is 2. The van der Waals surface area contributed by atoms with E-state index in [-0.39, 0.29) is 18.1 Å². The van der Waals surface area contributed by atoms with Gasteiger partial charge in [0, 0.05) is 11.1 Å². The topological polar surface area (TPSA) is 71.1 Å². The van der Waals surface area contributed by atoms with Gasteiger partial charge in [0.15, 0.2) is 12.4 Å². The average molecular weight is 410 g/mol. The van der Waals surface area contributed by atoms with Crippen molar-refractivity contribution in [2.75, 3.05) is 13.2 Å². The Kier molecular flexibility index (Phi) is 6.15. The zero-order valence-electron chi connectivity index (χ0n) is 17.9. The summed E-state index contributed by atoms with van der Waals surface area (Å²) in [6.45, 7) is 9.36. The Labute approximate surface area is 176 Å². The Balaban J connectivity index is 1.80. The fourth-order valence-corrected chi connectivity index (χ4v) is 3.06. The number of allylic oxidation sites excluding steroid dienone is 1. The molecule has 30 heavy (non-hydrogen) atoms. The number of esters is 1. The van der Waals surface area contributed by atoms with Gasteiger partial charge >= 0.3 is 5.97 Å². The highest BCUT2D eigenvalue weighted by molar-refractivity contribution is 6.15. The van der Waals surface area contributed by atoms with E-state index >= 15 is 0 Å². The Morgan fingerprint density at radius 1 is 1.07 bits per heavy atom. The SMILES string of the molecule is CCOc1ccccc1/C=C1\Oc2c(ccc(OCC(=O)OC(C)(C)C)c2C)C1=O. The maximum Gasteiger partial charge on any atom is 0.344 e. The van der Waals surface area contributed by atoms with Crippen molar-refractivity contribution in [1.29, 1.82) is 0 Å². The first-order valence-corrected chi connectivity index (χ1v) is 9.84. The molecule has 1 aliphatic heterocycles. The van der Waals surface area contributed by atoms with E-state index in [0.717, 1.165) is 5.56 Å². The smallest absolute Gasteiger partial charge is 0.344 e. The third-order valence-corrected chi connectivity index (χ3v) is 4.31. The summed E-state index contributed by atoms with van der Waals surface area (Å²) in [5, 5.41) is 0. The summed E-state index contributed by atoms with van der Waals surface area (Å²) in [5.74, 6) is 1.11.